The van der Waals surface area contributed by atoms with E-state index in [-0.39, 0.29) is 38.1 Å². The summed E-state index contributed by atoms with van der Waals surface area (Å²) in [6.07, 6.45) is -3.04. The number of aliphatic imine (C=N–C) groups is 1. The fourth-order valence-corrected chi connectivity index (χ4v) is 4.83. The first-order valence-corrected chi connectivity index (χ1v) is 13.8. The Morgan fingerprint density at radius 1 is 1.02 bits per heavy atom. The van der Waals surface area contributed by atoms with Crippen LogP contribution in [0.3, 0.4) is 0 Å². The zero-order valence-corrected chi connectivity index (χ0v) is 23.7. The second kappa shape index (κ2) is 15.1. The quantitative estimate of drug-likeness (QED) is 0.136. The summed E-state index contributed by atoms with van der Waals surface area (Å²) in [5.74, 6) is -0.308. The Labute approximate surface area is 244 Å². The zero-order valence-electron chi connectivity index (χ0n) is 22.9. The number of nitrogens with two attached hydrogens (primary N) is 2. The normalized spacial score (nSPS) is 22.4. The average molecular weight is 585 g/mol. The molecule has 0 aliphatic carbocycles. The monoisotopic (exact) mass is 584 g/mol. The number of hydrogen-bond donors (Lipinski definition) is 4. The van der Waals surface area contributed by atoms with Gasteiger partial charge >= 0.3 is 0 Å². The van der Waals surface area contributed by atoms with Gasteiger partial charge in [-0.2, -0.15) is 0 Å². The van der Waals surface area contributed by atoms with Crippen molar-refractivity contribution in [1.29, 1.82) is 0 Å². The summed E-state index contributed by atoms with van der Waals surface area (Å²) in [5.41, 5.74) is 12.6. The molecule has 1 aliphatic rings. The number of methoxy groups -OCH3 is 1. The fourth-order valence-electron chi connectivity index (χ4n) is 4.70. The topological polar surface area (TPSA) is 151 Å². The fraction of sp³-hybridized carbons (Fsp3) is 0.400. The highest BCUT2D eigenvalue weighted by Crippen LogP contribution is 2.27. The number of aliphatic hydroxyl groups excluding tert-OH is 1. The van der Waals surface area contributed by atoms with Crippen molar-refractivity contribution < 1.29 is 28.8 Å². The zero-order chi connectivity index (χ0) is 29.2. The van der Waals surface area contributed by atoms with Crippen LogP contribution in [0.15, 0.2) is 71.7 Å². The van der Waals surface area contributed by atoms with Crippen molar-refractivity contribution in [2.75, 3.05) is 20.3 Å². The number of rotatable bonds is 13. The van der Waals surface area contributed by atoms with Gasteiger partial charge in [0.25, 0.3) is 0 Å². The molecular weight excluding hydrogens is 548 g/mol. The van der Waals surface area contributed by atoms with Gasteiger partial charge < -0.3 is 40.8 Å². The Hall–Kier alpha value is -3.25. The van der Waals surface area contributed by atoms with Gasteiger partial charge in [-0.1, -0.05) is 60.1 Å². The summed E-state index contributed by atoms with van der Waals surface area (Å²) in [6.45, 7) is 0.809. The molecule has 1 aliphatic heterocycles. The van der Waals surface area contributed by atoms with Crippen LogP contribution in [-0.4, -0.2) is 67.9 Å². The Balaban J connectivity index is 1.54. The van der Waals surface area contributed by atoms with E-state index in [0.717, 1.165) is 21.9 Å². The molecule has 1 saturated heterocycles. The highest BCUT2D eigenvalue weighted by Gasteiger charge is 2.47. The van der Waals surface area contributed by atoms with Crippen molar-refractivity contribution in [3.63, 3.8) is 0 Å². The van der Waals surface area contributed by atoms with Crippen LogP contribution < -0.4 is 16.8 Å². The molecular formula is C30H37ClN4O6. The van der Waals surface area contributed by atoms with Crippen LogP contribution in [0.4, 0.5) is 0 Å². The van der Waals surface area contributed by atoms with Crippen molar-refractivity contribution in [2.24, 2.45) is 16.5 Å². The minimum atomic E-state index is -1.10. The number of guanidine groups is 1. The summed E-state index contributed by atoms with van der Waals surface area (Å²) < 4.78 is 23.9. The number of amides is 1. The van der Waals surface area contributed by atoms with Crippen LogP contribution in [0, 0.1) is 0 Å². The molecule has 1 amide bonds. The van der Waals surface area contributed by atoms with Crippen molar-refractivity contribution in [1.82, 2.24) is 5.32 Å². The molecule has 1 heterocycles. The van der Waals surface area contributed by atoms with Gasteiger partial charge in [-0.05, 0) is 46.5 Å². The van der Waals surface area contributed by atoms with Crippen molar-refractivity contribution in [3.05, 3.63) is 82.9 Å². The molecule has 10 nitrogen and oxygen atoms in total. The number of fused-ring (bicyclic) bond motifs is 1. The first-order valence-electron chi connectivity index (χ1n) is 13.5. The molecule has 6 N–H and O–H groups in total. The standard InChI is InChI=1S/C30H37ClN4O6/c1-38-18-24-27(37)28(39-17-20-8-11-21-5-2-3-6-22(21)15-20)26(35-25(36)7-4-14-34-30(32)33)29(41-24)40-16-19-9-12-23(31)13-10-19/h2-3,5-6,8-13,15,24,26-29,37H,4,7,14,16-18H2,1H3,(H,35,36)(H4,32,33,34)/t24-,26-,27-,28-,29?/m1/s1. The van der Waals surface area contributed by atoms with E-state index in [2.05, 4.69) is 10.3 Å². The highest BCUT2D eigenvalue weighted by molar-refractivity contribution is 6.30. The van der Waals surface area contributed by atoms with Crippen LogP contribution in [-0.2, 0) is 37.0 Å². The minimum Gasteiger partial charge on any atom is -0.388 e. The summed E-state index contributed by atoms with van der Waals surface area (Å²) >= 11 is 6.02. The predicted molar refractivity (Wildman–Crippen MR) is 157 cm³/mol. The summed E-state index contributed by atoms with van der Waals surface area (Å²) in [6, 6.07) is 20.5. The maximum atomic E-state index is 13.0. The van der Waals surface area contributed by atoms with Crippen LogP contribution in [0.1, 0.15) is 24.0 Å². The maximum absolute atomic E-state index is 13.0. The molecule has 41 heavy (non-hydrogen) atoms. The lowest BCUT2D eigenvalue weighted by Gasteiger charge is -2.44. The smallest absolute Gasteiger partial charge is 0.220 e. The van der Waals surface area contributed by atoms with E-state index < -0.39 is 30.6 Å². The van der Waals surface area contributed by atoms with E-state index in [0.29, 0.717) is 18.0 Å². The number of ether oxygens (including phenoxy) is 4. The molecule has 3 aromatic carbocycles. The number of benzene rings is 3. The van der Waals surface area contributed by atoms with E-state index in [1.807, 2.05) is 54.6 Å². The second-order valence-corrected chi connectivity index (χ2v) is 10.3. The van der Waals surface area contributed by atoms with Crippen molar-refractivity contribution in [3.8, 4) is 0 Å². The summed E-state index contributed by atoms with van der Waals surface area (Å²) in [7, 11) is 1.52. The van der Waals surface area contributed by atoms with E-state index in [4.69, 9.17) is 42.0 Å². The van der Waals surface area contributed by atoms with E-state index in [1.165, 1.54) is 7.11 Å². The van der Waals surface area contributed by atoms with Gasteiger partial charge in [-0.3, -0.25) is 9.79 Å². The van der Waals surface area contributed by atoms with Gasteiger partial charge in [0.05, 0.1) is 19.8 Å². The number of hydrogen-bond acceptors (Lipinski definition) is 7. The van der Waals surface area contributed by atoms with Gasteiger partial charge in [-0.25, -0.2) is 0 Å². The first-order chi connectivity index (χ1) is 19.8. The Kier molecular flexibility index (Phi) is 11.3. The molecule has 0 saturated carbocycles. The lowest BCUT2D eigenvalue weighted by molar-refractivity contribution is -0.282. The minimum absolute atomic E-state index is 0.0313. The molecule has 1 unspecified atom stereocenters. The third-order valence-corrected chi connectivity index (χ3v) is 7.02. The summed E-state index contributed by atoms with van der Waals surface area (Å²) in [5, 5.41) is 17.1. The SMILES string of the molecule is COC[C@H]1OC(OCc2ccc(Cl)cc2)[C@H](NC(=O)CCCN=C(N)N)[C@@H](OCc2ccc3ccccc3c2)[C@@H]1O. The second-order valence-electron chi connectivity index (χ2n) is 9.89. The Morgan fingerprint density at radius 2 is 1.73 bits per heavy atom. The molecule has 3 aromatic rings. The van der Waals surface area contributed by atoms with E-state index in [1.54, 1.807) is 12.1 Å². The molecule has 0 spiro atoms. The predicted octanol–water partition coefficient (Wildman–Crippen LogP) is 2.87. The lowest BCUT2D eigenvalue weighted by atomic mass is 9.96. The van der Waals surface area contributed by atoms with Gasteiger partial charge in [-0.15, -0.1) is 0 Å². The summed E-state index contributed by atoms with van der Waals surface area (Å²) in [4.78, 5) is 16.9. The van der Waals surface area contributed by atoms with Gasteiger partial charge in [0, 0.05) is 25.1 Å². The number of carbonyl (C=O) groups is 1. The van der Waals surface area contributed by atoms with Crippen LogP contribution >= 0.6 is 11.6 Å². The lowest BCUT2D eigenvalue weighted by Crippen LogP contribution is -2.65. The first kappa shape index (κ1) is 30.7. The van der Waals surface area contributed by atoms with Crippen LogP contribution in [0.25, 0.3) is 10.8 Å². The van der Waals surface area contributed by atoms with E-state index >= 15 is 0 Å². The maximum Gasteiger partial charge on any atom is 0.220 e. The molecule has 220 valence electrons. The number of aliphatic hydroxyl groups is 1. The van der Waals surface area contributed by atoms with Gasteiger partial charge in [0.15, 0.2) is 12.2 Å². The molecule has 0 radical (unpaired) electrons. The van der Waals surface area contributed by atoms with E-state index in [9.17, 15) is 9.90 Å². The number of nitrogens with one attached hydrogen (secondary N) is 1. The number of carbonyl (C=O) groups excluding carboxylic acids is 1. The Morgan fingerprint density at radius 3 is 2.46 bits per heavy atom. The molecule has 0 bridgehead atoms. The third-order valence-electron chi connectivity index (χ3n) is 6.77. The van der Waals surface area contributed by atoms with Crippen LogP contribution in [0.5, 0.6) is 0 Å². The van der Waals surface area contributed by atoms with Crippen LogP contribution in [0.2, 0.25) is 5.02 Å². The molecule has 0 aromatic heterocycles. The van der Waals surface area contributed by atoms with Crippen molar-refractivity contribution in [2.45, 2.75) is 56.7 Å². The van der Waals surface area contributed by atoms with Crippen molar-refractivity contribution >= 4 is 34.2 Å². The molecule has 11 heteroatoms. The number of nitrogens with zero attached hydrogens (tertiary/aromatic N) is 1. The molecule has 1 fully saturated rings. The molecule has 5 atom stereocenters. The highest BCUT2D eigenvalue weighted by atomic mass is 35.5. The molecule has 4 rings (SSSR count). The average Bonchev–Trinajstić information content (AvgIpc) is 2.96. The Bertz CT molecular complexity index is 1300. The largest absolute Gasteiger partial charge is 0.388 e. The van der Waals surface area contributed by atoms with Gasteiger partial charge in [0.1, 0.15) is 24.4 Å². The van der Waals surface area contributed by atoms with Gasteiger partial charge in [0.2, 0.25) is 5.91 Å². The third kappa shape index (κ3) is 8.87. The number of halogens is 1.